The van der Waals surface area contributed by atoms with Gasteiger partial charge in [-0.15, -0.1) is 0 Å². The molecule has 4 rings (SSSR count). The smallest absolute Gasteiger partial charge is 0.325 e. The van der Waals surface area contributed by atoms with E-state index >= 15 is 0 Å². The van der Waals surface area contributed by atoms with Crippen LogP contribution in [-0.2, 0) is 11.3 Å². The number of amides is 1. The zero-order valence-electron chi connectivity index (χ0n) is 16.9. The Morgan fingerprint density at radius 3 is 2.47 bits per heavy atom. The first kappa shape index (κ1) is 21.4. The molecule has 32 heavy (non-hydrogen) atoms. The van der Waals surface area contributed by atoms with Crippen molar-refractivity contribution in [2.75, 3.05) is 5.32 Å². The van der Waals surface area contributed by atoms with Crippen LogP contribution in [0.4, 0.5) is 10.1 Å². The molecule has 1 amide bonds. The number of carbonyl (C=O) groups is 2. The van der Waals surface area contributed by atoms with Gasteiger partial charge in [-0.1, -0.05) is 23.7 Å². The minimum atomic E-state index is -0.694. The van der Waals surface area contributed by atoms with Gasteiger partial charge in [0.15, 0.2) is 5.78 Å². The van der Waals surface area contributed by atoms with E-state index in [1.54, 1.807) is 54.6 Å². The number of carbonyl (C=O) groups excluding carboxylic acids is 2. The second-order valence-corrected chi connectivity index (χ2v) is 7.59. The predicted molar refractivity (Wildman–Crippen MR) is 121 cm³/mol. The number of halogens is 2. The highest BCUT2D eigenvalue weighted by Crippen LogP contribution is 2.29. The molecule has 0 radical (unpaired) electrons. The number of fused-ring (bicyclic) bond motifs is 1. The normalized spacial score (nSPS) is 10.8. The Labute approximate surface area is 187 Å². The largest absolute Gasteiger partial charge is 0.349 e. The fourth-order valence-corrected chi connectivity index (χ4v) is 3.57. The third-order valence-electron chi connectivity index (χ3n) is 4.95. The van der Waals surface area contributed by atoms with Crippen molar-refractivity contribution in [3.8, 4) is 11.3 Å². The quantitative estimate of drug-likeness (QED) is 0.448. The average molecular weight is 450 g/mol. The number of nitrogens with one attached hydrogen (secondary N) is 1. The maximum atomic E-state index is 14.4. The summed E-state index contributed by atoms with van der Waals surface area (Å²) in [6.07, 6.45) is 0. The molecule has 0 aliphatic carbocycles. The molecule has 0 spiro atoms. The monoisotopic (exact) mass is 449 g/mol. The lowest BCUT2D eigenvalue weighted by molar-refractivity contribution is -0.116. The molecule has 0 atom stereocenters. The van der Waals surface area contributed by atoms with Gasteiger partial charge in [0.2, 0.25) is 5.91 Å². The highest BCUT2D eigenvalue weighted by molar-refractivity contribution is 6.31. The first-order chi connectivity index (χ1) is 15.3. The molecule has 1 aromatic heterocycles. The molecule has 160 valence electrons. The van der Waals surface area contributed by atoms with Crippen molar-refractivity contribution >= 4 is 39.9 Å². The predicted octanol–water partition coefficient (Wildman–Crippen LogP) is 4.70. The van der Waals surface area contributed by atoms with Gasteiger partial charge in [0.25, 0.3) is 0 Å². The van der Waals surface area contributed by atoms with Crippen LogP contribution in [0, 0.1) is 5.82 Å². The molecule has 0 saturated carbocycles. The number of anilines is 1. The number of benzene rings is 3. The zero-order chi connectivity index (χ0) is 22.8. The van der Waals surface area contributed by atoms with Crippen LogP contribution in [0.3, 0.4) is 0 Å². The molecule has 3 aromatic carbocycles. The first-order valence-corrected chi connectivity index (χ1v) is 10.1. The van der Waals surface area contributed by atoms with E-state index in [0.717, 1.165) is 0 Å². The minimum Gasteiger partial charge on any atom is -0.325 e. The number of nitrogens with zero attached hydrogens (tertiary/aromatic N) is 2. The molecule has 6 nitrogen and oxygen atoms in total. The minimum absolute atomic E-state index is 0.0828. The first-order valence-electron chi connectivity index (χ1n) is 9.69. The topological polar surface area (TPSA) is 81.1 Å². The summed E-state index contributed by atoms with van der Waals surface area (Å²) in [6, 6.07) is 17.2. The van der Waals surface area contributed by atoms with Crippen LogP contribution in [0.2, 0.25) is 5.02 Å². The summed E-state index contributed by atoms with van der Waals surface area (Å²) >= 11 is 6.15. The Hall–Kier alpha value is -3.84. The summed E-state index contributed by atoms with van der Waals surface area (Å²) in [5.74, 6) is -1.06. The van der Waals surface area contributed by atoms with Crippen molar-refractivity contribution in [1.29, 1.82) is 0 Å². The van der Waals surface area contributed by atoms with Crippen LogP contribution in [0.1, 0.15) is 17.3 Å². The van der Waals surface area contributed by atoms with E-state index < -0.39 is 17.4 Å². The average Bonchev–Trinajstić information content (AvgIpc) is 2.76. The van der Waals surface area contributed by atoms with Crippen molar-refractivity contribution in [3.05, 3.63) is 93.6 Å². The van der Waals surface area contributed by atoms with Crippen LogP contribution in [-0.4, -0.2) is 21.2 Å². The second kappa shape index (κ2) is 8.72. The lowest BCUT2D eigenvalue weighted by Crippen LogP contribution is -2.30. The molecule has 1 heterocycles. The van der Waals surface area contributed by atoms with Gasteiger partial charge in [-0.2, -0.15) is 4.98 Å². The van der Waals surface area contributed by atoms with E-state index in [-0.39, 0.29) is 23.6 Å². The van der Waals surface area contributed by atoms with Gasteiger partial charge in [0, 0.05) is 27.2 Å². The zero-order valence-corrected chi connectivity index (χ0v) is 17.7. The standard InChI is InChI=1S/C24H17ClFN3O3/c1-14(30)15-6-9-17(10-7-15)27-22(31)13-29-21-11-8-16(25)12-19(21)23(28-24(29)32)18-4-2-3-5-20(18)26/h2-12H,13H2,1H3,(H,27,31). The van der Waals surface area contributed by atoms with Gasteiger partial charge >= 0.3 is 5.69 Å². The van der Waals surface area contributed by atoms with Crippen LogP contribution in [0.15, 0.2) is 71.5 Å². The molecular formula is C24H17ClFN3O3. The van der Waals surface area contributed by atoms with Gasteiger partial charge in [-0.05, 0) is 61.5 Å². The van der Waals surface area contributed by atoms with Crippen LogP contribution in [0.5, 0.6) is 0 Å². The van der Waals surface area contributed by atoms with Gasteiger partial charge in [0.1, 0.15) is 12.4 Å². The molecule has 1 N–H and O–H groups in total. The van der Waals surface area contributed by atoms with Gasteiger partial charge in [0.05, 0.1) is 11.2 Å². The van der Waals surface area contributed by atoms with Gasteiger partial charge < -0.3 is 5.32 Å². The van der Waals surface area contributed by atoms with Crippen LogP contribution < -0.4 is 11.0 Å². The van der Waals surface area contributed by atoms with Crippen molar-refractivity contribution in [3.63, 3.8) is 0 Å². The highest BCUT2D eigenvalue weighted by Gasteiger charge is 2.17. The number of Topliss-reactive ketones (excluding diaryl/α,β-unsaturated/α-hetero) is 1. The van der Waals surface area contributed by atoms with Crippen LogP contribution >= 0.6 is 11.6 Å². The molecule has 0 aliphatic rings. The van der Waals surface area contributed by atoms with E-state index in [0.29, 0.717) is 27.2 Å². The lowest BCUT2D eigenvalue weighted by Gasteiger charge is -2.14. The van der Waals surface area contributed by atoms with Crippen molar-refractivity contribution in [2.45, 2.75) is 13.5 Å². The Morgan fingerprint density at radius 1 is 1.06 bits per heavy atom. The molecule has 4 aromatic rings. The number of hydrogen-bond acceptors (Lipinski definition) is 4. The maximum Gasteiger partial charge on any atom is 0.349 e. The third kappa shape index (κ3) is 4.29. The summed E-state index contributed by atoms with van der Waals surface area (Å²) in [4.78, 5) is 40.9. The SMILES string of the molecule is CC(=O)c1ccc(NC(=O)Cn2c(=O)nc(-c3ccccc3F)c3cc(Cl)ccc32)cc1. The van der Waals surface area contributed by atoms with E-state index in [1.165, 1.54) is 23.6 Å². The van der Waals surface area contributed by atoms with Crippen molar-refractivity contribution in [2.24, 2.45) is 0 Å². The number of ketones is 1. The lowest BCUT2D eigenvalue weighted by atomic mass is 10.1. The van der Waals surface area contributed by atoms with Crippen LogP contribution in [0.25, 0.3) is 22.2 Å². The molecule has 0 saturated heterocycles. The van der Waals surface area contributed by atoms with Gasteiger partial charge in [-0.25, -0.2) is 9.18 Å². The van der Waals surface area contributed by atoms with E-state index in [2.05, 4.69) is 10.3 Å². The Balaban J connectivity index is 1.72. The molecule has 8 heteroatoms. The summed E-state index contributed by atoms with van der Waals surface area (Å²) in [5, 5.41) is 3.52. The summed E-state index contributed by atoms with van der Waals surface area (Å²) < 4.78 is 15.6. The summed E-state index contributed by atoms with van der Waals surface area (Å²) in [5.41, 5.74) is 1.03. The molecule has 0 aliphatic heterocycles. The molecule has 0 fully saturated rings. The van der Waals surface area contributed by atoms with Crippen molar-refractivity contribution in [1.82, 2.24) is 9.55 Å². The summed E-state index contributed by atoms with van der Waals surface area (Å²) in [6.45, 7) is 1.14. The summed E-state index contributed by atoms with van der Waals surface area (Å²) in [7, 11) is 0. The number of aromatic nitrogens is 2. The number of rotatable bonds is 5. The molecule has 0 unspecified atom stereocenters. The third-order valence-corrected chi connectivity index (χ3v) is 5.18. The fourth-order valence-electron chi connectivity index (χ4n) is 3.40. The fraction of sp³-hybridized carbons (Fsp3) is 0.0833. The molecular weight excluding hydrogens is 433 g/mol. The Kier molecular flexibility index (Phi) is 5.83. The van der Waals surface area contributed by atoms with E-state index in [4.69, 9.17) is 11.6 Å². The van der Waals surface area contributed by atoms with Crippen molar-refractivity contribution < 1.29 is 14.0 Å². The number of hydrogen-bond donors (Lipinski definition) is 1. The molecule has 0 bridgehead atoms. The second-order valence-electron chi connectivity index (χ2n) is 7.15. The Morgan fingerprint density at radius 2 is 1.78 bits per heavy atom. The van der Waals surface area contributed by atoms with Gasteiger partial charge in [-0.3, -0.25) is 14.2 Å². The Bertz CT molecular complexity index is 1410. The van der Waals surface area contributed by atoms with E-state index in [9.17, 15) is 18.8 Å². The highest BCUT2D eigenvalue weighted by atomic mass is 35.5. The maximum absolute atomic E-state index is 14.4. The van der Waals surface area contributed by atoms with E-state index in [1.807, 2.05) is 0 Å².